The molecule has 0 bridgehead atoms. The van der Waals surface area contributed by atoms with Gasteiger partial charge in [0.15, 0.2) is 5.65 Å². The zero-order chi connectivity index (χ0) is 22.0. The van der Waals surface area contributed by atoms with Crippen LogP contribution in [0.3, 0.4) is 0 Å². The number of pyridine rings is 1. The van der Waals surface area contributed by atoms with E-state index in [1.807, 2.05) is 22.8 Å². The molecule has 1 aliphatic heterocycles. The van der Waals surface area contributed by atoms with Crippen LogP contribution in [0.15, 0.2) is 35.1 Å². The van der Waals surface area contributed by atoms with Gasteiger partial charge in [0, 0.05) is 37.9 Å². The minimum absolute atomic E-state index is 0.00413. The van der Waals surface area contributed by atoms with Crippen molar-refractivity contribution < 1.29 is 0 Å². The molecule has 2 N–H and O–H groups in total. The number of aryl methyl sites for hydroxylation is 1. The molecule has 3 aromatic rings. The molecule has 1 spiro atoms. The first kappa shape index (κ1) is 20.3. The SMILES string of the molecule is Cn1c(=O)n(CC(C)(C)C)c2ccc(-c3cc(CN4CCC5(CC5)C4)ccc3N)nc21. The molecule has 1 saturated heterocycles. The summed E-state index contributed by atoms with van der Waals surface area (Å²) in [5.74, 6) is 0. The lowest BCUT2D eigenvalue weighted by Crippen LogP contribution is -2.27. The van der Waals surface area contributed by atoms with Gasteiger partial charge in [0.2, 0.25) is 0 Å². The average molecular weight is 420 g/mol. The predicted octanol–water partition coefficient (Wildman–Crippen LogP) is 4.02. The van der Waals surface area contributed by atoms with E-state index in [2.05, 4.69) is 37.8 Å². The van der Waals surface area contributed by atoms with E-state index < -0.39 is 0 Å². The Balaban J connectivity index is 1.49. The number of hydrogen-bond acceptors (Lipinski definition) is 4. The number of nitrogen functional groups attached to an aromatic ring is 1. The first-order valence-corrected chi connectivity index (χ1v) is 11.3. The molecule has 2 aliphatic rings. The van der Waals surface area contributed by atoms with Crippen molar-refractivity contribution in [2.75, 3.05) is 18.8 Å². The van der Waals surface area contributed by atoms with E-state index in [1.54, 1.807) is 11.6 Å². The van der Waals surface area contributed by atoms with Gasteiger partial charge in [-0.05, 0) is 66.5 Å². The number of nitrogens with two attached hydrogens (primary N) is 1. The third-order valence-electron chi connectivity index (χ3n) is 6.89. The lowest BCUT2D eigenvalue weighted by Gasteiger charge is -2.18. The van der Waals surface area contributed by atoms with Gasteiger partial charge in [0.25, 0.3) is 0 Å². The van der Waals surface area contributed by atoms with Crippen molar-refractivity contribution in [1.29, 1.82) is 0 Å². The van der Waals surface area contributed by atoms with Crippen LogP contribution in [0.5, 0.6) is 0 Å². The quantitative estimate of drug-likeness (QED) is 0.649. The van der Waals surface area contributed by atoms with Gasteiger partial charge in [0.1, 0.15) is 0 Å². The molecule has 6 nitrogen and oxygen atoms in total. The van der Waals surface area contributed by atoms with Gasteiger partial charge in [-0.25, -0.2) is 9.78 Å². The molecular weight excluding hydrogens is 386 g/mol. The second-order valence-electron chi connectivity index (χ2n) is 10.9. The topological polar surface area (TPSA) is 69.1 Å². The van der Waals surface area contributed by atoms with Crippen molar-refractivity contribution in [3.8, 4) is 11.3 Å². The molecule has 2 fully saturated rings. The van der Waals surface area contributed by atoms with Gasteiger partial charge in [-0.1, -0.05) is 26.8 Å². The summed E-state index contributed by atoms with van der Waals surface area (Å²) in [5.41, 5.74) is 12.3. The summed E-state index contributed by atoms with van der Waals surface area (Å²) in [7, 11) is 1.79. The number of rotatable bonds is 4. The molecule has 3 heterocycles. The number of aromatic nitrogens is 3. The summed E-state index contributed by atoms with van der Waals surface area (Å²) in [4.78, 5) is 20.3. The summed E-state index contributed by atoms with van der Waals surface area (Å²) < 4.78 is 3.47. The second kappa shape index (κ2) is 6.95. The van der Waals surface area contributed by atoms with Crippen LogP contribution in [0, 0.1) is 10.8 Å². The van der Waals surface area contributed by atoms with Crippen LogP contribution in [-0.2, 0) is 20.1 Å². The van der Waals surface area contributed by atoms with Gasteiger partial charge in [-0.2, -0.15) is 0 Å². The van der Waals surface area contributed by atoms with Crippen LogP contribution in [0.25, 0.3) is 22.4 Å². The molecule has 0 unspecified atom stereocenters. The van der Waals surface area contributed by atoms with Crippen LogP contribution in [-0.4, -0.2) is 32.1 Å². The van der Waals surface area contributed by atoms with Gasteiger partial charge >= 0.3 is 5.69 Å². The summed E-state index contributed by atoms with van der Waals surface area (Å²) in [6, 6.07) is 10.3. The molecule has 1 saturated carbocycles. The Morgan fingerprint density at radius 3 is 2.58 bits per heavy atom. The first-order valence-electron chi connectivity index (χ1n) is 11.3. The lowest BCUT2D eigenvalue weighted by atomic mass is 9.97. The third-order valence-corrected chi connectivity index (χ3v) is 6.89. The van der Waals surface area contributed by atoms with Crippen LogP contribution >= 0.6 is 0 Å². The highest BCUT2D eigenvalue weighted by Crippen LogP contribution is 2.52. The van der Waals surface area contributed by atoms with Crippen LogP contribution in [0.4, 0.5) is 5.69 Å². The number of anilines is 1. The van der Waals surface area contributed by atoms with Crippen molar-refractivity contribution in [1.82, 2.24) is 19.0 Å². The molecule has 0 radical (unpaired) electrons. The highest BCUT2D eigenvalue weighted by atomic mass is 16.1. The van der Waals surface area contributed by atoms with Gasteiger partial charge in [-0.3, -0.25) is 14.0 Å². The smallest absolute Gasteiger partial charge is 0.330 e. The van der Waals surface area contributed by atoms with Crippen molar-refractivity contribution in [3.63, 3.8) is 0 Å². The largest absolute Gasteiger partial charge is 0.398 e. The van der Waals surface area contributed by atoms with E-state index in [9.17, 15) is 4.79 Å². The molecule has 164 valence electrons. The Kier molecular flexibility index (Phi) is 4.56. The molecule has 31 heavy (non-hydrogen) atoms. The van der Waals surface area contributed by atoms with E-state index in [0.29, 0.717) is 17.6 Å². The van der Waals surface area contributed by atoms with E-state index in [1.165, 1.54) is 37.9 Å². The highest BCUT2D eigenvalue weighted by Gasteiger charge is 2.47. The Labute approximate surface area is 183 Å². The maximum Gasteiger partial charge on any atom is 0.330 e. The number of nitrogens with zero attached hydrogens (tertiary/aromatic N) is 4. The Morgan fingerprint density at radius 2 is 1.90 bits per heavy atom. The summed E-state index contributed by atoms with van der Waals surface area (Å²) in [5, 5.41) is 0. The average Bonchev–Trinajstić information content (AvgIpc) is 3.30. The molecule has 5 rings (SSSR count). The van der Waals surface area contributed by atoms with Gasteiger partial charge in [-0.15, -0.1) is 0 Å². The third kappa shape index (κ3) is 3.78. The molecular formula is C25H33N5O. The zero-order valence-electron chi connectivity index (χ0n) is 19.1. The van der Waals surface area contributed by atoms with Crippen LogP contribution < -0.4 is 11.4 Å². The lowest BCUT2D eigenvalue weighted by molar-refractivity contribution is 0.312. The van der Waals surface area contributed by atoms with E-state index >= 15 is 0 Å². The summed E-state index contributed by atoms with van der Waals surface area (Å²) in [6.45, 7) is 10.4. The fraction of sp³-hybridized carbons (Fsp3) is 0.520. The summed E-state index contributed by atoms with van der Waals surface area (Å²) >= 11 is 0. The maximum atomic E-state index is 12.8. The Hall–Kier alpha value is -2.60. The van der Waals surface area contributed by atoms with E-state index in [-0.39, 0.29) is 11.1 Å². The van der Waals surface area contributed by atoms with Gasteiger partial charge in [0.05, 0.1) is 11.2 Å². The predicted molar refractivity (Wildman–Crippen MR) is 126 cm³/mol. The van der Waals surface area contributed by atoms with Crippen LogP contribution in [0.2, 0.25) is 0 Å². The van der Waals surface area contributed by atoms with Crippen molar-refractivity contribution in [2.24, 2.45) is 17.9 Å². The fourth-order valence-electron chi connectivity index (χ4n) is 4.98. The number of likely N-dealkylation sites (tertiary alicyclic amines) is 1. The number of fused-ring (bicyclic) bond motifs is 1. The second-order valence-corrected chi connectivity index (χ2v) is 10.9. The van der Waals surface area contributed by atoms with Gasteiger partial charge < -0.3 is 5.73 Å². The first-order chi connectivity index (χ1) is 14.6. The number of imidazole rings is 1. The molecule has 2 aromatic heterocycles. The molecule has 0 atom stereocenters. The Bertz CT molecular complexity index is 1210. The Morgan fingerprint density at radius 1 is 1.13 bits per heavy atom. The minimum atomic E-state index is -0.0284. The highest BCUT2D eigenvalue weighted by molar-refractivity contribution is 5.80. The van der Waals surface area contributed by atoms with Crippen molar-refractivity contribution >= 4 is 16.9 Å². The molecule has 1 aromatic carbocycles. The molecule has 0 amide bonds. The standard InChI is InChI=1S/C25H33N5O/c1-24(2,3)15-30-21-8-7-20(27-22(21)28(4)23(30)31)18-13-17(5-6-19(18)26)14-29-12-11-25(16-29)9-10-25/h5-8,13H,9-12,14-16,26H2,1-4H3. The minimum Gasteiger partial charge on any atom is -0.398 e. The number of hydrogen-bond donors (Lipinski definition) is 1. The van der Waals surface area contributed by atoms with Crippen molar-refractivity contribution in [3.05, 3.63) is 46.4 Å². The zero-order valence-corrected chi connectivity index (χ0v) is 19.1. The normalized spacial score (nSPS) is 18.3. The maximum absolute atomic E-state index is 12.8. The number of benzene rings is 1. The van der Waals surface area contributed by atoms with Crippen LogP contribution in [0.1, 0.15) is 45.6 Å². The van der Waals surface area contributed by atoms with E-state index in [4.69, 9.17) is 10.7 Å². The molecule has 6 heteroatoms. The monoisotopic (exact) mass is 419 g/mol. The molecule has 1 aliphatic carbocycles. The fourth-order valence-corrected chi connectivity index (χ4v) is 4.98. The summed E-state index contributed by atoms with van der Waals surface area (Å²) in [6.07, 6.45) is 4.13. The van der Waals surface area contributed by atoms with E-state index in [0.717, 1.165) is 29.0 Å². The van der Waals surface area contributed by atoms with Crippen molar-refractivity contribution in [2.45, 2.75) is 53.1 Å².